The molecule has 0 radical (unpaired) electrons. The lowest BCUT2D eigenvalue weighted by Gasteiger charge is -2.33. The number of rotatable bonds is 7. The number of anilines is 1. The third kappa shape index (κ3) is 5.59. The van der Waals surface area contributed by atoms with Crippen LogP contribution in [-0.2, 0) is 4.79 Å². The van der Waals surface area contributed by atoms with Crippen LogP contribution in [0.3, 0.4) is 0 Å². The molecule has 3 heteroatoms. The maximum absolute atomic E-state index is 13.0. The molecule has 3 aromatic rings. The zero-order chi connectivity index (χ0) is 22.3. The number of amides is 1. The van der Waals surface area contributed by atoms with Gasteiger partial charge in [-0.15, -0.1) is 0 Å². The lowest BCUT2D eigenvalue weighted by atomic mass is 9.88. The number of nitrogens with zero attached hydrogens (tertiary/aromatic N) is 1. The second-order valence-electron chi connectivity index (χ2n) is 9.15. The third-order valence-corrected chi connectivity index (χ3v) is 6.59. The first-order chi connectivity index (χ1) is 15.6. The average molecular weight is 427 g/mol. The molecule has 166 valence electrons. The highest BCUT2D eigenvalue weighted by Crippen LogP contribution is 2.29. The molecule has 1 aliphatic rings. The van der Waals surface area contributed by atoms with Crippen molar-refractivity contribution in [3.63, 3.8) is 0 Å². The molecule has 4 rings (SSSR count). The van der Waals surface area contributed by atoms with Gasteiger partial charge in [0.1, 0.15) is 0 Å². The summed E-state index contributed by atoms with van der Waals surface area (Å²) < 4.78 is 0. The summed E-state index contributed by atoms with van der Waals surface area (Å²) in [5.41, 5.74) is 4.76. The van der Waals surface area contributed by atoms with Crippen LogP contribution in [0.25, 0.3) is 0 Å². The molecular formula is C29H34N2O. The van der Waals surface area contributed by atoms with E-state index in [0.29, 0.717) is 6.42 Å². The molecule has 1 amide bonds. The Labute approximate surface area is 192 Å². The fourth-order valence-corrected chi connectivity index (χ4v) is 4.77. The van der Waals surface area contributed by atoms with Gasteiger partial charge in [0, 0.05) is 31.1 Å². The van der Waals surface area contributed by atoms with E-state index in [-0.39, 0.29) is 17.9 Å². The molecule has 2 atom stereocenters. The summed E-state index contributed by atoms with van der Waals surface area (Å²) in [6.45, 7) is 6.66. The van der Waals surface area contributed by atoms with Crippen LogP contribution < -0.4 is 10.2 Å². The molecular weight excluding hydrogens is 392 g/mol. The standard InChI is InChI=1S/C29H34N2O/c1-22-10-9-19-31(21-22)27-17-15-24(16-18-27)23(2)30-29(32)20-28(25-11-5-3-6-12-25)26-13-7-4-8-14-26/h3-8,11-18,22-23,28H,9-10,19-21H2,1-2H3,(H,30,32)/t22-,23-/m0/s1. The van der Waals surface area contributed by atoms with Crippen molar-refractivity contribution >= 4 is 11.6 Å². The average Bonchev–Trinajstić information content (AvgIpc) is 2.84. The number of hydrogen-bond donors (Lipinski definition) is 1. The van der Waals surface area contributed by atoms with Crippen LogP contribution in [0.1, 0.15) is 61.8 Å². The molecule has 1 saturated heterocycles. The first kappa shape index (κ1) is 22.1. The van der Waals surface area contributed by atoms with Gasteiger partial charge >= 0.3 is 0 Å². The molecule has 0 bridgehead atoms. The van der Waals surface area contributed by atoms with Gasteiger partial charge in [0.25, 0.3) is 0 Å². The monoisotopic (exact) mass is 426 g/mol. The molecule has 3 nitrogen and oxygen atoms in total. The van der Waals surface area contributed by atoms with Crippen molar-refractivity contribution in [1.82, 2.24) is 5.32 Å². The topological polar surface area (TPSA) is 32.3 Å². The Bertz CT molecular complexity index is 945. The Kier molecular flexibility index (Phi) is 7.26. The lowest BCUT2D eigenvalue weighted by molar-refractivity contribution is -0.121. The van der Waals surface area contributed by atoms with E-state index in [4.69, 9.17) is 0 Å². The van der Waals surface area contributed by atoms with Gasteiger partial charge in [-0.25, -0.2) is 0 Å². The highest BCUT2D eigenvalue weighted by atomic mass is 16.1. The van der Waals surface area contributed by atoms with Crippen molar-refractivity contribution in [2.24, 2.45) is 5.92 Å². The molecule has 3 aromatic carbocycles. The number of carbonyl (C=O) groups is 1. The number of hydrogen-bond acceptors (Lipinski definition) is 2. The highest BCUT2D eigenvalue weighted by Gasteiger charge is 2.20. The van der Waals surface area contributed by atoms with E-state index in [1.165, 1.54) is 29.7 Å². The predicted molar refractivity (Wildman–Crippen MR) is 133 cm³/mol. The largest absolute Gasteiger partial charge is 0.371 e. The maximum atomic E-state index is 13.0. The van der Waals surface area contributed by atoms with Crippen molar-refractivity contribution in [3.8, 4) is 0 Å². The summed E-state index contributed by atoms with van der Waals surface area (Å²) in [6, 6.07) is 29.3. The first-order valence-corrected chi connectivity index (χ1v) is 11.8. The molecule has 0 unspecified atom stereocenters. The number of piperidine rings is 1. The molecule has 0 aliphatic carbocycles. The van der Waals surface area contributed by atoms with Crippen molar-refractivity contribution in [1.29, 1.82) is 0 Å². The van der Waals surface area contributed by atoms with Gasteiger partial charge in [0.2, 0.25) is 5.91 Å². The Morgan fingerprint density at radius 2 is 1.50 bits per heavy atom. The molecule has 1 aliphatic heterocycles. The Morgan fingerprint density at radius 3 is 2.06 bits per heavy atom. The summed E-state index contributed by atoms with van der Waals surface area (Å²) in [7, 11) is 0. The highest BCUT2D eigenvalue weighted by molar-refractivity contribution is 5.78. The quantitative estimate of drug-likeness (QED) is 0.479. The van der Waals surface area contributed by atoms with Crippen molar-refractivity contribution in [2.45, 2.75) is 45.1 Å². The van der Waals surface area contributed by atoms with Gasteiger partial charge in [-0.05, 0) is 54.5 Å². The third-order valence-electron chi connectivity index (χ3n) is 6.59. The van der Waals surface area contributed by atoms with Gasteiger partial charge in [0.15, 0.2) is 0 Å². The molecule has 0 spiro atoms. The van der Waals surface area contributed by atoms with E-state index in [9.17, 15) is 4.79 Å². The van der Waals surface area contributed by atoms with Gasteiger partial charge in [-0.2, -0.15) is 0 Å². The fraction of sp³-hybridized carbons (Fsp3) is 0.345. The number of nitrogens with one attached hydrogen (secondary N) is 1. The van der Waals surface area contributed by atoms with Gasteiger partial charge in [-0.1, -0.05) is 79.7 Å². The first-order valence-electron chi connectivity index (χ1n) is 11.8. The predicted octanol–water partition coefficient (Wildman–Crippen LogP) is 6.32. The summed E-state index contributed by atoms with van der Waals surface area (Å²) in [5, 5.41) is 3.22. The molecule has 0 aromatic heterocycles. The van der Waals surface area contributed by atoms with Crippen molar-refractivity contribution in [3.05, 3.63) is 102 Å². The molecule has 1 heterocycles. The Morgan fingerprint density at radius 1 is 0.906 bits per heavy atom. The van der Waals surface area contributed by atoms with Crippen LogP contribution in [0.2, 0.25) is 0 Å². The summed E-state index contributed by atoms with van der Waals surface area (Å²) in [5.74, 6) is 0.876. The minimum absolute atomic E-state index is 0.0240. The zero-order valence-corrected chi connectivity index (χ0v) is 19.2. The smallest absolute Gasteiger partial charge is 0.221 e. The van der Waals surface area contributed by atoms with Crippen LogP contribution in [0, 0.1) is 5.92 Å². The molecule has 0 saturated carbocycles. The molecule has 1 fully saturated rings. The maximum Gasteiger partial charge on any atom is 0.221 e. The van der Waals surface area contributed by atoms with E-state index in [0.717, 1.165) is 24.6 Å². The Hall–Kier alpha value is -3.07. The normalized spacial score (nSPS) is 17.2. The second kappa shape index (κ2) is 10.5. The summed E-state index contributed by atoms with van der Waals surface area (Å²) in [6.07, 6.45) is 3.02. The van der Waals surface area contributed by atoms with E-state index >= 15 is 0 Å². The summed E-state index contributed by atoms with van der Waals surface area (Å²) >= 11 is 0. The minimum atomic E-state index is -0.0240. The van der Waals surface area contributed by atoms with Gasteiger partial charge in [0.05, 0.1) is 6.04 Å². The van der Waals surface area contributed by atoms with Gasteiger partial charge in [-0.3, -0.25) is 4.79 Å². The lowest BCUT2D eigenvalue weighted by Crippen LogP contribution is -2.34. The SMILES string of the molecule is C[C@H]1CCCN(c2ccc([C@H](C)NC(=O)CC(c3ccccc3)c3ccccc3)cc2)C1. The van der Waals surface area contributed by atoms with Gasteiger partial charge < -0.3 is 10.2 Å². The van der Waals surface area contributed by atoms with Crippen molar-refractivity contribution < 1.29 is 4.79 Å². The van der Waals surface area contributed by atoms with Crippen LogP contribution in [-0.4, -0.2) is 19.0 Å². The van der Waals surface area contributed by atoms with Crippen LogP contribution >= 0.6 is 0 Å². The summed E-state index contributed by atoms with van der Waals surface area (Å²) in [4.78, 5) is 15.5. The second-order valence-corrected chi connectivity index (χ2v) is 9.15. The Balaban J connectivity index is 1.41. The van der Waals surface area contributed by atoms with Crippen LogP contribution in [0.15, 0.2) is 84.9 Å². The number of benzene rings is 3. The fourth-order valence-electron chi connectivity index (χ4n) is 4.77. The van der Waals surface area contributed by atoms with E-state index < -0.39 is 0 Å². The van der Waals surface area contributed by atoms with Crippen LogP contribution in [0.5, 0.6) is 0 Å². The van der Waals surface area contributed by atoms with Crippen LogP contribution in [0.4, 0.5) is 5.69 Å². The van der Waals surface area contributed by atoms with Crippen molar-refractivity contribution in [2.75, 3.05) is 18.0 Å². The minimum Gasteiger partial charge on any atom is -0.371 e. The van der Waals surface area contributed by atoms with E-state index in [1.807, 2.05) is 36.4 Å². The zero-order valence-electron chi connectivity index (χ0n) is 19.2. The van der Waals surface area contributed by atoms with E-state index in [1.54, 1.807) is 0 Å². The molecule has 32 heavy (non-hydrogen) atoms. The number of carbonyl (C=O) groups excluding carboxylic acids is 1. The molecule has 1 N–H and O–H groups in total. The van der Waals surface area contributed by atoms with E-state index in [2.05, 4.69) is 72.6 Å².